The molecule has 2 aromatic carbocycles. The zero-order valence-corrected chi connectivity index (χ0v) is 17.9. The Morgan fingerprint density at radius 3 is 2.73 bits per heavy atom. The minimum Gasteiger partial charge on any atom is -0.495 e. The molecular weight excluding hydrogens is 407 g/mol. The molecule has 0 saturated carbocycles. The quantitative estimate of drug-likeness (QED) is 0.744. The number of halogens is 1. The van der Waals surface area contributed by atoms with Gasteiger partial charge in [-0.1, -0.05) is 18.2 Å². The van der Waals surface area contributed by atoms with Crippen LogP contribution in [0.15, 0.2) is 47.4 Å². The van der Waals surface area contributed by atoms with Crippen LogP contribution in [0.25, 0.3) is 0 Å². The molecule has 2 heterocycles. The van der Waals surface area contributed by atoms with E-state index in [1.165, 1.54) is 17.5 Å². The maximum absolute atomic E-state index is 13.8. The molecule has 0 radical (unpaired) electrons. The van der Waals surface area contributed by atoms with Crippen molar-refractivity contribution >= 4 is 21.6 Å². The van der Waals surface area contributed by atoms with Crippen molar-refractivity contribution in [2.75, 3.05) is 25.1 Å². The molecule has 0 aliphatic carbocycles. The van der Waals surface area contributed by atoms with Crippen LogP contribution in [-0.4, -0.2) is 44.9 Å². The lowest BCUT2D eigenvalue weighted by Gasteiger charge is -2.34. The van der Waals surface area contributed by atoms with Crippen LogP contribution in [0.4, 0.5) is 10.1 Å². The van der Waals surface area contributed by atoms with Gasteiger partial charge in [-0.3, -0.25) is 4.79 Å². The summed E-state index contributed by atoms with van der Waals surface area (Å²) in [5.41, 5.74) is 2.03. The largest absolute Gasteiger partial charge is 0.495 e. The zero-order chi connectivity index (χ0) is 21.5. The highest BCUT2D eigenvalue weighted by molar-refractivity contribution is 7.89. The molecule has 1 saturated heterocycles. The van der Waals surface area contributed by atoms with E-state index in [2.05, 4.69) is 0 Å². The van der Waals surface area contributed by atoms with E-state index >= 15 is 0 Å². The third kappa shape index (κ3) is 3.58. The van der Waals surface area contributed by atoms with Gasteiger partial charge >= 0.3 is 0 Å². The molecule has 2 aliphatic heterocycles. The number of piperidine rings is 1. The molecule has 1 fully saturated rings. The number of nitrogens with zero attached hydrogens (tertiary/aromatic N) is 2. The summed E-state index contributed by atoms with van der Waals surface area (Å²) in [5.74, 6) is -1.06. The van der Waals surface area contributed by atoms with Crippen molar-refractivity contribution in [1.29, 1.82) is 0 Å². The topological polar surface area (TPSA) is 66.9 Å². The van der Waals surface area contributed by atoms with Crippen LogP contribution in [0.2, 0.25) is 0 Å². The number of rotatable bonds is 4. The first kappa shape index (κ1) is 20.8. The van der Waals surface area contributed by atoms with E-state index in [9.17, 15) is 17.6 Å². The number of methoxy groups -OCH3 is 1. The number of para-hydroxylation sites is 1. The molecule has 2 aromatic rings. The molecule has 2 aliphatic rings. The monoisotopic (exact) mass is 432 g/mol. The van der Waals surface area contributed by atoms with Crippen LogP contribution in [0, 0.1) is 11.7 Å². The lowest BCUT2D eigenvalue weighted by Crippen LogP contribution is -2.48. The van der Waals surface area contributed by atoms with Gasteiger partial charge in [0.1, 0.15) is 16.5 Å². The minimum atomic E-state index is -3.99. The summed E-state index contributed by atoms with van der Waals surface area (Å²) in [5, 5.41) is 0. The van der Waals surface area contributed by atoms with Crippen LogP contribution in [0.3, 0.4) is 0 Å². The Labute approximate surface area is 176 Å². The van der Waals surface area contributed by atoms with Crippen molar-refractivity contribution in [2.24, 2.45) is 5.92 Å². The summed E-state index contributed by atoms with van der Waals surface area (Å²) in [6.07, 6.45) is 1.98. The lowest BCUT2D eigenvalue weighted by atomic mass is 9.97. The number of hydrogen-bond acceptors (Lipinski definition) is 4. The molecule has 2 atom stereocenters. The van der Waals surface area contributed by atoms with E-state index in [0.29, 0.717) is 12.8 Å². The second kappa shape index (κ2) is 8.00. The van der Waals surface area contributed by atoms with Gasteiger partial charge in [-0.15, -0.1) is 0 Å². The zero-order valence-electron chi connectivity index (χ0n) is 17.0. The summed E-state index contributed by atoms with van der Waals surface area (Å²) in [6.45, 7) is 2.37. The summed E-state index contributed by atoms with van der Waals surface area (Å²) < 4.78 is 46.6. The van der Waals surface area contributed by atoms with Gasteiger partial charge in [0, 0.05) is 24.8 Å². The maximum atomic E-state index is 13.8. The fraction of sp³-hybridized carbons (Fsp3) is 0.409. The predicted octanol–water partition coefficient (Wildman–Crippen LogP) is 3.21. The summed E-state index contributed by atoms with van der Waals surface area (Å²) >= 11 is 0. The Kier molecular flexibility index (Phi) is 5.55. The normalized spacial score (nSPS) is 22.0. The fourth-order valence-electron chi connectivity index (χ4n) is 4.45. The van der Waals surface area contributed by atoms with Gasteiger partial charge in [0.15, 0.2) is 0 Å². The van der Waals surface area contributed by atoms with E-state index in [1.807, 2.05) is 31.2 Å². The molecule has 160 valence electrons. The van der Waals surface area contributed by atoms with Gasteiger partial charge in [0.25, 0.3) is 0 Å². The number of anilines is 1. The Hall–Kier alpha value is -2.45. The Morgan fingerprint density at radius 2 is 1.97 bits per heavy atom. The van der Waals surface area contributed by atoms with Crippen LogP contribution < -0.4 is 9.64 Å². The van der Waals surface area contributed by atoms with Crippen molar-refractivity contribution in [3.63, 3.8) is 0 Å². The number of amides is 1. The first-order valence-electron chi connectivity index (χ1n) is 10.1. The van der Waals surface area contributed by atoms with E-state index < -0.39 is 21.8 Å². The van der Waals surface area contributed by atoms with Crippen LogP contribution in [0.5, 0.6) is 5.75 Å². The van der Waals surface area contributed by atoms with E-state index in [-0.39, 0.29) is 35.7 Å². The number of carbonyl (C=O) groups is 1. The van der Waals surface area contributed by atoms with Gasteiger partial charge in [-0.2, -0.15) is 4.31 Å². The van der Waals surface area contributed by atoms with Crippen LogP contribution in [0.1, 0.15) is 25.3 Å². The predicted molar refractivity (Wildman–Crippen MR) is 112 cm³/mol. The first-order chi connectivity index (χ1) is 14.3. The standard InChI is InChI=1S/C22H25FN2O4S/c1-15-12-16-6-3-4-8-19(16)25(15)22(26)17-7-5-11-24(14-17)30(27,28)21-13-18(23)9-10-20(21)29-2/h3-4,6,8-10,13,15,17H,5,7,11-12,14H2,1-2H3. The van der Waals surface area contributed by atoms with E-state index in [4.69, 9.17) is 4.74 Å². The molecule has 0 bridgehead atoms. The van der Waals surface area contributed by atoms with Crippen molar-refractivity contribution in [3.8, 4) is 5.75 Å². The highest BCUT2D eigenvalue weighted by Gasteiger charge is 2.39. The van der Waals surface area contributed by atoms with Crippen LogP contribution in [-0.2, 0) is 21.2 Å². The van der Waals surface area contributed by atoms with E-state index in [1.54, 1.807) is 4.90 Å². The van der Waals surface area contributed by atoms with Crippen molar-refractivity contribution < 1.29 is 22.3 Å². The molecule has 4 rings (SSSR count). The average Bonchev–Trinajstić information content (AvgIpc) is 3.09. The van der Waals surface area contributed by atoms with Crippen molar-refractivity contribution in [1.82, 2.24) is 4.31 Å². The number of sulfonamides is 1. The van der Waals surface area contributed by atoms with Crippen LogP contribution >= 0.6 is 0 Å². The number of ether oxygens (including phenoxy) is 1. The highest BCUT2D eigenvalue weighted by atomic mass is 32.2. The Bertz CT molecular complexity index is 1070. The molecule has 1 amide bonds. The van der Waals surface area contributed by atoms with Gasteiger partial charge in [0.05, 0.1) is 13.0 Å². The minimum absolute atomic E-state index is 0.0326. The third-order valence-electron chi connectivity index (χ3n) is 5.92. The Morgan fingerprint density at radius 1 is 1.20 bits per heavy atom. The van der Waals surface area contributed by atoms with Gasteiger partial charge in [-0.25, -0.2) is 12.8 Å². The average molecular weight is 433 g/mol. The molecule has 8 heteroatoms. The molecule has 0 aromatic heterocycles. The molecule has 2 unspecified atom stereocenters. The second-order valence-corrected chi connectivity index (χ2v) is 9.79. The van der Waals surface area contributed by atoms with E-state index in [0.717, 1.165) is 29.8 Å². The molecule has 6 nitrogen and oxygen atoms in total. The number of fused-ring (bicyclic) bond motifs is 1. The third-order valence-corrected chi connectivity index (χ3v) is 7.81. The maximum Gasteiger partial charge on any atom is 0.246 e. The Balaban J connectivity index is 1.60. The molecule has 0 spiro atoms. The van der Waals surface area contributed by atoms with Crippen molar-refractivity contribution in [2.45, 2.75) is 37.1 Å². The highest BCUT2D eigenvalue weighted by Crippen LogP contribution is 2.36. The number of carbonyl (C=O) groups excluding carboxylic acids is 1. The summed E-state index contributed by atoms with van der Waals surface area (Å²) in [7, 11) is -2.65. The fourth-order valence-corrected chi connectivity index (χ4v) is 6.14. The first-order valence-corrected chi connectivity index (χ1v) is 11.5. The van der Waals surface area contributed by atoms with Crippen molar-refractivity contribution in [3.05, 3.63) is 53.8 Å². The molecule has 30 heavy (non-hydrogen) atoms. The molecular formula is C22H25FN2O4S. The summed E-state index contributed by atoms with van der Waals surface area (Å²) in [4.78, 5) is 15.0. The van der Waals surface area contributed by atoms with Gasteiger partial charge < -0.3 is 9.64 Å². The lowest BCUT2D eigenvalue weighted by molar-refractivity contribution is -0.123. The summed E-state index contributed by atoms with van der Waals surface area (Å²) in [6, 6.07) is 11.3. The van der Waals surface area contributed by atoms with Gasteiger partial charge in [-0.05, 0) is 56.0 Å². The smallest absolute Gasteiger partial charge is 0.246 e. The molecule has 0 N–H and O–H groups in total. The number of hydrogen-bond donors (Lipinski definition) is 0. The van der Waals surface area contributed by atoms with Gasteiger partial charge in [0.2, 0.25) is 15.9 Å². The number of benzene rings is 2. The second-order valence-electron chi connectivity index (χ2n) is 7.89. The SMILES string of the molecule is COc1ccc(F)cc1S(=O)(=O)N1CCCC(C(=O)N2c3ccccc3CC2C)C1.